The molecule has 0 saturated heterocycles. The number of methoxy groups -OCH3 is 1. The van der Waals surface area contributed by atoms with Gasteiger partial charge in [-0.2, -0.15) is 0 Å². The number of nitrogens with zero attached hydrogens (tertiary/aromatic N) is 1. The monoisotopic (exact) mass is 341 g/mol. The number of esters is 1. The van der Waals surface area contributed by atoms with Crippen molar-refractivity contribution >= 4 is 17.8 Å². The minimum atomic E-state index is -0.583. The summed E-state index contributed by atoms with van der Waals surface area (Å²) >= 11 is 0. The number of halogens is 1. The van der Waals surface area contributed by atoms with Crippen LogP contribution in [-0.4, -0.2) is 30.4 Å². The molecule has 0 spiro atoms. The summed E-state index contributed by atoms with van der Waals surface area (Å²) in [7, 11) is 1.44. The van der Waals surface area contributed by atoms with Gasteiger partial charge >= 0.3 is 5.97 Å². The molecule has 0 aliphatic rings. The predicted molar refractivity (Wildman–Crippen MR) is 90.7 cm³/mol. The standard InChI is InChI=1S/C19H16FNO4/c1-3-25-19(23)18-14-6-4-5-9-21(14)15(11-22)17(18)13-10-12(20)7-8-16(13)24-2/h4-11H,3H2,1-2H3. The van der Waals surface area contributed by atoms with Gasteiger partial charge in [0.2, 0.25) is 0 Å². The maximum absolute atomic E-state index is 13.9. The van der Waals surface area contributed by atoms with Gasteiger partial charge in [-0.3, -0.25) is 4.79 Å². The second-order valence-corrected chi connectivity index (χ2v) is 5.27. The Morgan fingerprint density at radius 1 is 1.28 bits per heavy atom. The number of benzene rings is 1. The van der Waals surface area contributed by atoms with E-state index in [4.69, 9.17) is 9.47 Å². The fourth-order valence-corrected chi connectivity index (χ4v) is 2.91. The summed E-state index contributed by atoms with van der Waals surface area (Å²) in [6.45, 7) is 1.87. The van der Waals surface area contributed by atoms with Crippen molar-refractivity contribution in [2.75, 3.05) is 13.7 Å². The van der Waals surface area contributed by atoms with E-state index < -0.39 is 11.8 Å². The van der Waals surface area contributed by atoms with Crippen LogP contribution < -0.4 is 4.74 Å². The molecule has 0 fully saturated rings. The predicted octanol–water partition coefficient (Wildman–Crippen LogP) is 3.74. The molecule has 0 radical (unpaired) electrons. The molecule has 6 heteroatoms. The summed E-state index contributed by atoms with van der Waals surface area (Å²) in [5, 5.41) is 0. The third-order valence-electron chi connectivity index (χ3n) is 3.90. The van der Waals surface area contributed by atoms with Crippen LogP contribution >= 0.6 is 0 Å². The largest absolute Gasteiger partial charge is 0.496 e. The highest BCUT2D eigenvalue weighted by atomic mass is 19.1. The third-order valence-corrected chi connectivity index (χ3v) is 3.90. The molecular weight excluding hydrogens is 325 g/mol. The van der Waals surface area contributed by atoms with E-state index >= 15 is 0 Å². The van der Waals surface area contributed by atoms with Crippen LogP contribution in [0.2, 0.25) is 0 Å². The number of hydrogen-bond donors (Lipinski definition) is 0. The molecule has 0 aliphatic carbocycles. The summed E-state index contributed by atoms with van der Waals surface area (Å²) in [5.41, 5.74) is 1.53. The quantitative estimate of drug-likeness (QED) is 0.524. The van der Waals surface area contributed by atoms with Gasteiger partial charge in [0.05, 0.1) is 30.5 Å². The van der Waals surface area contributed by atoms with Gasteiger partial charge in [-0.15, -0.1) is 0 Å². The molecule has 2 aromatic heterocycles. The first-order valence-electron chi connectivity index (χ1n) is 7.71. The number of carbonyl (C=O) groups excluding carboxylic acids is 2. The van der Waals surface area contributed by atoms with Gasteiger partial charge in [0.1, 0.15) is 11.6 Å². The van der Waals surface area contributed by atoms with Crippen LogP contribution in [0.15, 0.2) is 42.6 Å². The van der Waals surface area contributed by atoms with Crippen LogP contribution in [0.3, 0.4) is 0 Å². The van der Waals surface area contributed by atoms with Gasteiger partial charge < -0.3 is 13.9 Å². The number of ether oxygens (including phenoxy) is 2. The van der Waals surface area contributed by atoms with E-state index in [0.717, 1.165) is 0 Å². The smallest absolute Gasteiger partial charge is 0.340 e. The molecule has 1 aromatic carbocycles. The van der Waals surface area contributed by atoms with Crippen molar-refractivity contribution in [1.82, 2.24) is 4.40 Å². The molecule has 0 saturated carbocycles. The van der Waals surface area contributed by atoms with Crippen molar-refractivity contribution in [3.63, 3.8) is 0 Å². The van der Waals surface area contributed by atoms with E-state index in [0.29, 0.717) is 23.1 Å². The molecule has 0 bridgehead atoms. The van der Waals surface area contributed by atoms with Gasteiger partial charge in [0.25, 0.3) is 0 Å². The van der Waals surface area contributed by atoms with Gasteiger partial charge in [0, 0.05) is 17.3 Å². The Morgan fingerprint density at radius 2 is 2.08 bits per heavy atom. The van der Waals surface area contributed by atoms with Crippen LogP contribution in [0, 0.1) is 5.82 Å². The highest BCUT2D eigenvalue weighted by Crippen LogP contribution is 2.38. The zero-order valence-electron chi connectivity index (χ0n) is 13.8. The molecular formula is C19H16FNO4. The lowest BCUT2D eigenvalue weighted by Gasteiger charge is -2.10. The van der Waals surface area contributed by atoms with Crippen molar-refractivity contribution in [2.45, 2.75) is 6.92 Å². The van der Waals surface area contributed by atoms with Crippen LogP contribution in [0.4, 0.5) is 4.39 Å². The van der Waals surface area contributed by atoms with Crippen LogP contribution in [0.5, 0.6) is 5.75 Å². The lowest BCUT2D eigenvalue weighted by molar-refractivity contribution is 0.0529. The summed E-state index contributed by atoms with van der Waals surface area (Å²) in [6.07, 6.45) is 2.30. The zero-order valence-corrected chi connectivity index (χ0v) is 13.8. The topological polar surface area (TPSA) is 57.0 Å². The molecule has 0 aliphatic heterocycles. The number of fused-ring (bicyclic) bond motifs is 1. The number of carbonyl (C=O) groups is 2. The third kappa shape index (κ3) is 2.76. The lowest BCUT2D eigenvalue weighted by atomic mass is 9.99. The second kappa shape index (κ2) is 6.76. The minimum absolute atomic E-state index is 0.180. The van der Waals surface area contributed by atoms with Crippen molar-refractivity contribution in [2.24, 2.45) is 0 Å². The van der Waals surface area contributed by atoms with E-state index in [-0.39, 0.29) is 23.4 Å². The summed E-state index contributed by atoms with van der Waals surface area (Å²) in [5.74, 6) is -0.732. The van der Waals surface area contributed by atoms with Crippen LogP contribution in [-0.2, 0) is 4.74 Å². The first kappa shape index (κ1) is 16.7. The Kier molecular flexibility index (Phi) is 4.52. The Balaban J connectivity index is 2.45. The highest BCUT2D eigenvalue weighted by Gasteiger charge is 2.27. The first-order valence-corrected chi connectivity index (χ1v) is 7.71. The average Bonchev–Trinajstić information content (AvgIpc) is 2.96. The Hall–Kier alpha value is -3.15. The van der Waals surface area contributed by atoms with Gasteiger partial charge in [-0.25, -0.2) is 9.18 Å². The van der Waals surface area contributed by atoms with Gasteiger partial charge in [-0.1, -0.05) is 6.07 Å². The Morgan fingerprint density at radius 3 is 2.76 bits per heavy atom. The van der Waals surface area contributed by atoms with Crippen molar-refractivity contribution < 1.29 is 23.5 Å². The fraction of sp³-hybridized carbons (Fsp3) is 0.158. The molecule has 128 valence electrons. The molecule has 0 amide bonds. The average molecular weight is 341 g/mol. The molecule has 3 rings (SSSR count). The SMILES string of the molecule is CCOC(=O)c1c(-c2cc(F)ccc2OC)c(C=O)n2ccccc12. The second-order valence-electron chi connectivity index (χ2n) is 5.27. The van der Waals surface area contributed by atoms with E-state index in [1.54, 1.807) is 35.7 Å². The fourth-order valence-electron chi connectivity index (χ4n) is 2.91. The van der Waals surface area contributed by atoms with E-state index in [9.17, 15) is 14.0 Å². The number of rotatable bonds is 5. The lowest BCUT2D eigenvalue weighted by Crippen LogP contribution is -2.06. The van der Waals surface area contributed by atoms with Crippen molar-refractivity contribution in [3.8, 4) is 16.9 Å². The normalized spacial score (nSPS) is 10.7. The van der Waals surface area contributed by atoms with Crippen LogP contribution in [0.25, 0.3) is 16.6 Å². The summed E-state index contributed by atoms with van der Waals surface area (Å²) in [6, 6.07) is 9.14. The maximum Gasteiger partial charge on any atom is 0.340 e. The molecule has 2 heterocycles. The zero-order chi connectivity index (χ0) is 18.0. The van der Waals surface area contributed by atoms with E-state index in [1.165, 1.54) is 25.3 Å². The molecule has 25 heavy (non-hydrogen) atoms. The van der Waals surface area contributed by atoms with Crippen molar-refractivity contribution in [1.29, 1.82) is 0 Å². The molecule has 5 nitrogen and oxygen atoms in total. The number of pyridine rings is 1. The summed E-state index contributed by atoms with van der Waals surface area (Å²) < 4.78 is 25.9. The molecule has 3 aromatic rings. The molecule has 0 atom stereocenters. The van der Waals surface area contributed by atoms with Gasteiger partial charge in [0.15, 0.2) is 6.29 Å². The van der Waals surface area contributed by atoms with E-state index in [2.05, 4.69) is 0 Å². The van der Waals surface area contributed by atoms with E-state index in [1.807, 2.05) is 0 Å². The highest BCUT2D eigenvalue weighted by molar-refractivity contribution is 6.09. The number of hydrogen-bond acceptors (Lipinski definition) is 4. The summed E-state index contributed by atoms with van der Waals surface area (Å²) in [4.78, 5) is 24.4. The number of aldehydes is 1. The first-order chi connectivity index (χ1) is 12.1. The Bertz CT molecular complexity index is 961. The molecule has 0 N–H and O–H groups in total. The number of aromatic nitrogens is 1. The minimum Gasteiger partial charge on any atom is -0.496 e. The van der Waals surface area contributed by atoms with Gasteiger partial charge in [-0.05, 0) is 37.3 Å². The van der Waals surface area contributed by atoms with Crippen LogP contribution in [0.1, 0.15) is 27.8 Å². The molecule has 0 unspecified atom stereocenters. The van der Waals surface area contributed by atoms with Crippen molar-refractivity contribution in [3.05, 3.63) is 59.7 Å². The maximum atomic E-state index is 13.9. The Labute approximate surface area is 143 Å².